The highest BCUT2D eigenvalue weighted by molar-refractivity contribution is 5.80. The van der Waals surface area contributed by atoms with Gasteiger partial charge in [0.25, 0.3) is 0 Å². The Hall–Kier alpha value is -0.650. The highest BCUT2D eigenvalue weighted by Crippen LogP contribution is 2.12. The first kappa shape index (κ1) is 14.4. The normalized spacial score (nSPS) is 21.4. The summed E-state index contributed by atoms with van der Waals surface area (Å²) >= 11 is 0. The molecule has 1 aliphatic heterocycles. The van der Waals surface area contributed by atoms with E-state index in [9.17, 15) is 4.79 Å². The minimum atomic E-state index is -0.395. The molecular formula is C12H24N2O3. The van der Waals surface area contributed by atoms with Gasteiger partial charge in [0, 0.05) is 13.2 Å². The molecule has 17 heavy (non-hydrogen) atoms. The molecule has 5 nitrogen and oxygen atoms in total. The van der Waals surface area contributed by atoms with Gasteiger partial charge in [0.05, 0.1) is 12.7 Å². The van der Waals surface area contributed by atoms with Crippen LogP contribution in [-0.4, -0.2) is 51.5 Å². The molecule has 0 aromatic carbocycles. The Kier molecular flexibility index (Phi) is 7.16. The van der Waals surface area contributed by atoms with Gasteiger partial charge in [0.15, 0.2) is 0 Å². The maximum atomic E-state index is 11.6. The number of carbonyl (C=O) groups excluding carboxylic acids is 1. The van der Waals surface area contributed by atoms with E-state index in [4.69, 9.17) is 9.47 Å². The van der Waals surface area contributed by atoms with Crippen LogP contribution >= 0.6 is 0 Å². The number of amides is 1. The van der Waals surface area contributed by atoms with E-state index in [1.807, 2.05) is 7.05 Å². The van der Waals surface area contributed by atoms with Crippen LogP contribution < -0.4 is 10.6 Å². The molecule has 0 aliphatic carbocycles. The topological polar surface area (TPSA) is 59.6 Å². The molecule has 0 bridgehead atoms. The van der Waals surface area contributed by atoms with Gasteiger partial charge in [0.1, 0.15) is 6.10 Å². The molecule has 0 spiro atoms. The molecule has 100 valence electrons. The van der Waals surface area contributed by atoms with E-state index in [0.29, 0.717) is 13.2 Å². The van der Waals surface area contributed by atoms with Crippen molar-refractivity contribution in [3.05, 3.63) is 0 Å². The Labute approximate surface area is 103 Å². The van der Waals surface area contributed by atoms with Gasteiger partial charge in [-0.3, -0.25) is 4.79 Å². The van der Waals surface area contributed by atoms with Crippen LogP contribution in [0.25, 0.3) is 0 Å². The lowest BCUT2D eigenvalue weighted by Crippen LogP contribution is -2.37. The first-order valence-corrected chi connectivity index (χ1v) is 6.39. The lowest BCUT2D eigenvalue weighted by Gasteiger charge is -2.16. The number of nitrogens with one attached hydrogen (secondary N) is 2. The average molecular weight is 244 g/mol. The minimum Gasteiger partial charge on any atom is -0.376 e. The smallest absolute Gasteiger partial charge is 0.248 e. The van der Waals surface area contributed by atoms with Crippen LogP contribution in [-0.2, 0) is 14.3 Å². The molecule has 0 saturated carbocycles. The van der Waals surface area contributed by atoms with Crippen molar-refractivity contribution in [2.45, 2.75) is 38.4 Å². The summed E-state index contributed by atoms with van der Waals surface area (Å²) in [7, 11) is 1.90. The monoisotopic (exact) mass is 244 g/mol. The van der Waals surface area contributed by atoms with Crippen LogP contribution in [0.3, 0.4) is 0 Å². The largest absolute Gasteiger partial charge is 0.376 e. The van der Waals surface area contributed by atoms with Gasteiger partial charge in [-0.05, 0) is 39.8 Å². The third-order valence-electron chi connectivity index (χ3n) is 2.83. The van der Waals surface area contributed by atoms with Crippen molar-refractivity contribution in [2.24, 2.45) is 0 Å². The molecule has 0 radical (unpaired) electrons. The number of hydrogen-bond acceptors (Lipinski definition) is 4. The Morgan fingerprint density at radius 2 is 2.35 bits per heavy atom. The molecule has 0 aromatic rings. The predicted octanol–water partition coefficient (Wildman–Crippen LogP) is 0.296. The van der Waals surface area contributed by atoms with Crippen molar-refractivity contribution >= 4 is 5.91 Å². The first-order valence-electron chi connectivity index (χ1n) is 6.39. The van der Waals surface area contributed by atoms with E-state index >= 15 is 0 Å². The fraction of sp³-hybridized carbons (Fsp3) is 0.917. The van der Waals surface area contributed by atoms with Gasteiger partial charge < -0.3 is 20.1 Å². The third-order valence-corrected chi connectivity index (χ3v) is 2.83. The van der Waals surface area contributed by atoms with E-state index in [1.54, 1.807) is 6.92 Å². The van der Waals surface area contributed by atoms with Crippen molar-refractivity contribution in [1.29, 1.82) is 0 Å². The molecular weight excluding hydrogens is 220 g/mol. The summed E-state index contributed by atoms with van der Waals surface area (Å²) in [4.78, 5) is 11.6. The van der Waals surface area contributed by atoms with Crippen LogP contribution in [0.2, 0.25) is 0 Å². The summed E-state index contributed by atoms with van der Waals surface area (Å²) in [6.07, 6.45) is 2.85. The van der Waals surface area contributed by atoms with Gasteiger partial charge >= 0.3 is 0 Å². The predicted molar refractivity (Wildman–Crippen MR) is 65.9 cm³/mol. The number of ether oxygens (including phenoxy) is 2. The molecule has 2 N–H and O–H groups in total. The van der Waals surface area contributed by atoms with Crippen molar-refractivity contribution in [1.82, 2.24) is 10.6 Å². The standard InChI is InChI=1S/C12H24N2O3/c1-10(12(15)14-7-4-6-13-2)17-9-11-5-3-8-16-11/h10-11,13H,3-9H2,1-2H3,(H,14,15). The van der Waals surface area contributed by atoms with Crippen LogP contribution in [0.5, 0.6) is 0 Å². The summed E-state index contributed by atoms with van der Waals surface area (Å²) in [5.74, 6) is -0.0425. The zero-order valence-electron chi connectivity index (χ0n) is 10.8. The number of rotatable bonds is 8. The van der Waals surface area contributed by atoms with Crippen molar-refractivity contribution in [3.63, 3.8) is 0 Å². The molecule has 1 amide bonds. The van der Waals surface area contributed by atoms with Crippen molar-refractivity contribution in [2.75, 3.05) is 33.4 Å². The van der Waals surface area contributed by atoms with Gasteiger partial charge in [-0.1, -0.05) is 0 Å². The fourth-order valence-electron chi connectivity index (χ4n) is 1.72. The molecule has 2 atom stereocenters. The van der Waals surface area contributed by atoms with E-state index < -0.39 is 6.10 Å². The van der Waals surface area contributed by atoms with Crippen molar-refractivity contribution < 1.29 is 14.3 Å². The Morgan fingerprint density at radius 3 is 3.00 bits per heavy atom. The van der Waals surface area contributed by atoms with Crippen LogP contribution in [0.15, 0.2) is 0 Å². The van der Waals surface area contributed by atoms with Gasteiger partial charge in [-0.2, -0.15) is 0 Å². The maximum Gasteiger partial charge on any atom is 0.248 e. The Bertz CT molecular complexity index is 218. The lowest BCUT2D eigenvalue weighted by atomic mass is 10.2. The molecule has 1 rings (SSSR count). The Balaban J connectivity index is 2.04. The summed E-state index contributed by atoms with van der Waals surface area (Å²) in [5, 5.41) is 5.88. The van der Waals surface area contributed by atoms with E-state index in [0.717, 1.165) is 32.4 Å². The summed E-state index contributed by atoms with van der Waals surface area (Å²) < 4.78 is 10.9. The highest BCUT2D eigenvalue weighted by Gasteiger charge is 2.19. The molecule has 0 aromatic heterocycles. The highest BCUT2D eigenvalue weighted by atomic mass is 16.5. The fourth-order valence-corrected chi connectivity index (χ4v) is 1.72. The summed E-state index contributed by atoms with van der Waals surface area (Å²) in [5.41, 5.74) is 0. The zero-order valence-corrected chi connectivity index (χ0v) is 10.8. The van der Waals surface area contributed by atoms with Crippen molar-refractivity contribution in [3.8, 4) is 0 Å². The van der Waals surface area contributed by atoms with E-state index in [2.05, 4.69) is 10.6 Å². The number of carbonyl (C=O) groups is 1. The molecule has 1 fully saturated rings. The Morgan fingerprint density at radius 1 is 1.53 bits per heavy atom. The molecule has 1 heterocycles. The SMILES string of the molecule is CNCCCNC(=O)C(C)OCC1CCCO1. The molecule has 1 aliphatic rings. The van der Waals surface area contributed by atoms with Crippen LogP contribution in [0.1, 0.15) is 26.2 Å². The first-order chi connectivity index (χ1) is 8.24. The summed E-state index contributed by atoms with van der Waals surface area (Å²) in [6, 6.07) is 0. The lowest BCUT2D eigenvalue weighted by molar-refractivity contribution is -0.133. The second-order valence-electron chi connectivity index (χ2n) is 4.36. The van der Waals surface area contributed by atoms with E-state index in [1.165, 1.54) is 0 Å². The number of hydrogen-bond donors (Lipinski definition) is 2. The molecule has 2 unspecified atom stereocenters. The van der Waals surface area contributed by atoms with Gasteiger partial charge in [0.2, 0.25) is 5.91 Å². The van der Waals surface area contributed by atoms with Crippen LogP contribution in [0.4, 0.5) is 0 Å². The summed E-state index contributed by atoms with van der Waals surface area (Å²) in [6.45, 7) is 4.71. The zero-order chi connectivity index (χ0) is 12.5. The third kappa shape index (κ3) is 6.00. The van der Waals surface area contributed by atoms with E-state index in [-0.39, 0.29) is 12.0 Å². The van der Waals surface area contributed by atoms with Gasteiger partial charge in [-0.15, -0.1) is 0 Å². The molecule has 1 saturated heterocycles. The van der Waals surface area contributed by atoms with Crippen LogP contribution in [0, 0.1) is 0 Å². The second-order valence-corrected chi connectivity index (χ2v) is 4.36. The quantitative estimate of drug-likeness (QED) is 0.603. The molecule has 5 heteroatoms. The maximum absolute atomic E-state index is 11.6. The van der Waals surface area contributed by atoms with Gasteiger partial charge in [-0.25, -0.2) is 0 Å². The minimum absolute atomic E-state index is 0.0425. The second kappa shape index (κ2) is 8.44. The average Bonchev–Trinajstić information content (AvgIpc) is 2.84.